The summed E-state index contributed by atoms with van der Waals surface area (Å²) in [7, 11) is 1.62. The van der Waals surface area contributed by atoms with E-state index in [2.05, 4.69) is 16.0 Å². The van der Waals surface area contributed by atoms with Crippen molar-refractivity contribution in [2.75, 3.05) is 19.0 Å². The second kappa shape index (κ2) is 12.4. The monoisotopic (exact) mass is 461 g/mol. The topological polar surface area (TPSA) is 79.5 Å². The molecule has 3 aromatic carbocycles. The predicted octanol–water partition coefficient (Wildman–Crippen LogP) is 4.11. The average Bonchev–Trinajstić information content (AvgIpc) is 2.84. The smallest absolute Gasteiger partial charge is 0.261 e. The van der Waals surface area contributed by atoms with Crippen LogP contribution in [-0.4, -0.2) is 30.6 Å². The number of benzene rings is 3. The molecule has 0 aliphatic carbocycles. The molecule has 0 bridgehead atoms. The summed E-state index contributed by atoms with van der Waals surface area (Å²) in [5, 5.41) is 8.51. The Balaban J connectivity index is 1.52. The van der Waals surface area contributed by atoms with E-state index in [0.29, 0.717) is 30.8 Å². The van der Waals surface area contributed by atoms with E-state index in [1.54, 1.807) is 25.2 Å². The third-order valence-corrected chi connectivity index (χ3v) is 5.19. The van der Waals surface area contributed by atoms with Crippen LogP contribution in [0.15, 0.2) is 78.9 Å². The summed E-state index contributed by atoms with van der Waals surface area (Å²) in [4.78, 5) is 24.1. The van der Waals surface area contributed by atoms with Gasteiger partial charge in [0.2, 0.25) is 5.91 Å². The molecule has 0 unspecified atom stereocenters. The predicted molar refractivity (Wildman–Crippen MR) is 135 cm³/mol. The number of carbonyl (C=O) groups excluding carboxylic acids is 2. The average molecular weight is 462 g/mol. The molecule has 0 aromatic heterocycles. The summed E-state index contributed by atoms with van der Waals surface area (Å²) in [5.41, 5.74) is 3.38. The van der Waals surface area contributed by atoms with Crippen molar-refractivity contribution in [2.45, 2.75) is 19.3 Å². The fourth-order valence-electron chi connectivity index (χ4n) is 3.17. The van der Waals surface area contributed by atoms with Crippen LogP contribution < -0.4 is 20.7 Å². The molecule has 0 saturated heterocycles. The Bertz CT molecular complexity index is 1090. The summed E-state index contributed by atoms with van der Waals surface area (Å²) in [5.74, 6) is 0.171. The van der Waals surface area contributed by atoms with Crippen LogP contribution in [0.25, 0.3) is 0 Å². The molecule has 0 heterocycles. The minimum absolute atomic E-state index is 0.00502. The van der Waals surface area contributed by atoms with Crippen LogP contribution in [0.3, 0.4) is 0 Å². The third-order valence-electron chi connectivity index (χ3n) is 4.98. The van der Waals surface area contributed by atoms with Crippen molar-refractivity contribution in [1.82, 2.24) is 10.6 Å². The summed E-state index contributed by atoms with van der Waals surface area (Å²) in [6.45, 7) is 0.462. The van der Waals surface area contributed by atoms with Crippen molar-refractivity contribution >= 4 is 34.8 Å². The minimum atomic E-state index is -0.343. The van der Waals surface area contributed by atoms with Crippen LogP contribution >= 0.6 is 12.2 Å². The molecule has 3 aromatic rings. The van der Waals surface area contributed by atoms with Crippen LogP contribution in [0.1, 0.15) is 27.9 Å². The Labute approximate surface area is 199 Å². The molecular weight excluding hydrogens is 434 g/mol. The van der Waals surface area contributed by atoms with Crippen LogP contribution in [0.5, 0.6) is 5.75 Å². The number of para-hydroxylation sites is 1. The largest absolute Gasteiger partial charge is 0.492 e. The molecule has 6 nitrogen and oxygen atoms in total. The standard InChI is InChI=1S/C26H27N3O3S/c1-27-24(30)16-13-20-11-14-21(15-12-20)28-26(33)29-25(31)22-9-5-6-10-23(22)32-18-17-19-7-3-2-4-8-19/h2-12,14-15H,13,16-18H2,1H3,(H,27,30)(H2,28,29,31,33). The fourth-order valence-corrected chi connectivity index (χ4v) is 3.38. The molecule has 0 saturated carbocycles. The number of carbonyl (C=O) groups is 2. The first-order chi connectivity index (χ1) is 16.0. The lowest BCUT2D eigenvalue weighted by Gasteiger charge is -2.13. The number of hydrogen-bond acceptors (Lipinski definition) is 4. The number of anilines is 1. The zero-order chi connectivity index (χ0) is 23.5. The van der Waals surface area contributed by atoms with Crippen molar-refractivity contribution in [1.29, 1.82) is 0 Å². The molecular formula is C26H27N3O3S. The summed E-state index contributed by atoms with van der Waals surface area (Å²) < 4.78 is 5.87. The number of ether oxygens (including phenoxy) is 1. The van der Waals surface area contributed by atoms with Crippen molar-refractivity contribution in [3.63, 3.8) is 0 Å². The van der Waals surface area contributed by atoms with Gasteiger partial charge in [-0.1, -0.05) is 54.6 Å². The minimum Gasteiger partial charge on any atom is -0.492 e. The van der Waals surface area contributed by atoms with Crippen LogP contribution in [-0.2, 0) is 17.6 Å². The van der Waals surface area contributed by atoms with Crippen LogP contribution in [0, 0.1) is 0 Å². The maximum atomic E-state index is 12.8. The third kappa shape index (κ3) is 7.73. The van der Waals surface area contributed by atoms with Gasteiger partial charge in [0.1, 0.15) is 5.75 Å². The van der Waals surface area contributed by atoms with Gasteiger partial charge in [-0.3, -0.25) is 14.9 Å². The Morgan fingerprint density at radius 1 is 0.848 bits per heavy atom. The van der Waals surface area contributed by atoms with Gasteiger partial charge in [0.25, 0.3) is 5.91 Å². The summed E-state index contributed by atoms with van der Waals surface area (Å²) in [6, 6.07) is 24.7. The highest BCUT2D eigenvalue weighted by atomic mass is 32.1. The molecule has 0 aliphatic heterocycles. The molecule has 7 heteroatoms. The van der Waals surface area contributed by atoms with E-state index >= 15 is 0 Å². The first-order valence-corrected chi connectivity index (χ1v) is 11.1. The highest BCUT2D eigenvalue weighted by molar-refractivity contribution is 7.80. The molecule has 33 heavy (non-hydrogen) atoms. The van der Waals surface area contributed by atoms with Gasteiger partial charge in [0.05, 0.1) is 12.2 Å². The SMILES string of the molecule is CNC(=O)CCc1ccc(NC(=S)NC(=O)c2ccccc2OCCc2ccccc2)cc1. The van der Waals surface area contributed by atoms with Gasteiger partial charge < -0.3 is 15.4 Å². The second-order valence-corrected chi connectivity index (χ2v) is 7.77. The van der Waals surface area contributed by atoms with Crippen molar-refractivity contribution in [3.8, 4) is 5.75 Å². The number of hydrogen-bond donors (Lipinski definition) is 3. The highest BCUT2D eigenvalue weighted by Crippen LogP contribution is 2.18. The molecule has 3 rings (SSSR count). The van der Waals surface area contributed by atoms with Gasteiger partial charge in [-0.05, 0) is 54.0 Å². The fraction of sp³-hybridized carbons (Fsp3) is 0.192. The molecule has 2 amide bonds. The Kier molecular flexibility index (Phi) is 8.97. The highest BCUT2D eigenvalue weighted by Gasteiger charge is 2.14. The van der Waals surface area contributed by atoms with Gasteiger partial charge in [-0.2, -0.15) is 0 Å². The molecule has 0 radical (unpaired) electrons. The number of nitrogens with one attached hydrogen (secondary N) is 3. The zero-order valence-corrected chi connectivity index (χ0v) is 19.3. The van der Waals surface area contributed by atoms with Crippen molar-refractivity contribution in [2.24, 2.45) is 0 Å². The Morgan fingerprint density at radius 2 is 1.52 bits per heavy atom. The lowest BCUT2D eigenvalue weighted by molar-refractivity contribution is -0.120. The molecule has 3 N–H and O–H groups in total. The van der Waals surface area contributed by atoms with E-state index in [9.17, 15) is 9.59 Å². The van der Waals surface area contributed by atoms with Gasteiger partial charge >= 0.3 is 0 Å². The number of aryl methyl sites for hydroxylation is 1. The normalized spacial score (nSPS) is 10.2. The van der Waals surface area contributed by atoms with Gasteiger partial charge in [0, 0.05) is 25.6 Å². The van der Waals surface area contributed by atoms with E-state index in [1.165, 1.54) is 5.56 Å². The molecule has 170 valence electrons. The van der Waals surface area contributed by atoms with E-state index in [4.69, 9.17) is 17.0 Å². The molecule has 0 atom stereocenters. The molecule has 0 spiro atoms. The zero-order valence-electron chi connectivity index (χ0n) is 18.5. The lowest BCUT2D eigenvalue weighted by Crippen LogP contribution is -2.34. The number of amides is 2. The quantitative estimate of drug-likeness (QED) is 0.418. The first kappa shape index (κ1) is 23.9. The molecule has 0 fully saturated rings. The van der Waals surface area contributed by atoms with Gasteiger partial charge in [-0.15, -0.1) is 0 Å². The number of rotatable bonds is 9. The second-order valence-electron chi connectivity index (χ2n) is 7.36. The molecule has 0 aliphatic rings. The summed E-state index contributed by atoms with van der Waals surface area (Å²) >= 11 is 5.30. The maximum Gasteiger partial charge on any atom is 0.261 e. The van der Waals surface area contributed by atoms with Gasteiger partial charge in [-0.25, -0.2) is 0 Å². The van der Waals surface area contributed by atoms with Crippen LogP contribution in [0.2, 0.25) is 0 Å². The maximum absolute atomic E-state index is 12.8. The van der Waals surface area contributed by atoms with Crippen LogP contribution in [0.4, 0.5) is 5.69 Å². The number of thiocarbonyl (C=S) groups is 1. The van der Waals surface area contributed by atoms with Crippen molar-refractivity contribution < 1.29 is 14.3 Å². The van der Waals surface area contributed by atoms with E-state index in [0.717, 1.165) is 17.7 Å². The lowest BCUT2D eigenvalue weighted by atomic mass is 10.1. The van der Waals surface area contributed by atoms with E-state index in [-0.39, 0.29) is 16.9 Å². The Hall–Kier alpha value is -3.71. The van der Waals surface area contributed by atoms with E-state index in [1.807, 2.05) is 60.7 Å². The van der Waals surface area contributed by atoms with E-state index < -0.39 is 0 Å². The Morgan fingerprint density at radius 3 is 2.24 bits per heavy atom. The van der Waals surface area contributed by atoms with Gasteiger partial charge in [0.15, 0.2) is 5.11 Å². The first-order valence-electron chi connectivity index (χ1n) is 10.7. The van der Waals surface area contributed by atoms with Crippen molar-refractivity contribution in [3.05, 3.63) is 95.6 Å². The summed E-state index contributed by atoms with van der Waals surface area (Å²) in [6.07, 6.45) is 1.84.